The van der Waals surface area contributed by atoms with Gasteiger partial charge in [0.2, 0.25) is 0 Å². The molecule has 1 aliphatic heterocycles. The molecule has 2 rings (SSSR count). The Morgan fingerprint density at radius 3 is 2.71 bits per heavy atom. The van der Waals surface area contributed by atoms with E-state index in [0.29, 0.717) is 38.8 Å². The second-order valence-electron chi connectivity index (χ2n) is 3.05. The third kappa shape index (κ3) is 1.89. The molecular weight excluding hydrogens is 186 g/mol. The van der Waals surface area contributed by atoms with Gasteiger partial charge in [0.25, 0.3) is 0 Å². The molecule has 0 amide bonds. The molecule has 2 heterocycles. The summed E-state index contributed by atoms with van der Waals surface area (Å²) >= 11 is 0. The zero-order chi connectivity index (χ0) is 9.80. The number of hydrogen-bond donors (Lipinski definition) is 1. The van der Waals surface area contributed by atoms with Crippen molar-refractivity contribution >= 4 is 0 Å². The summed E-state index contributed by atoms with van der Waals surface area (Å²) in [5, 5.41) is 11.2. The monoisotopic (exact) mass is 199 g/mol. The van der Waals surface area contributed by atoms with Crippen molar-refractivity contribution in [3.63, 3.8) is 0 Å². The molecule has 7 nitrogen and oxygen atoms in total. The number of tetrazole rings is 1. The molecule has 0 saturated carbocycles. The lowest BCUT2D eigenvalue weighted by atomic mass is 10.3. The molecule has 7 heteroatoms. The maximum atomic E-state index is 5.50. The number of nitrogens with zero attached hydrogens (tertiary/aromatic N) is 4. The van der Waals surface area contributed by atoms with Gasteiger partial charge in [0, 0.05) is 0 Å². The smallest absolute Gasteiger partial charge is 0.165 e. The van der Waals surface area contributed by atoms with E-state index in [1.807, 2.05) is 0 Å². The average molecular weight is 199 g/mol. The largest absolute Gasteiger partial charge is 0.377 e. The van der Waals surface area contributed by atoms with E-state index in [2.05, 4.69) is 15.5 Å². The van der Waals surface area contributed by atoms with E-state index in [1.165, 1.54) is 0 Å². The Labute approximate surface area is 81.2 Å². The first kappa shape index (κ1) is 9.50. The fourth-order valence-electron chi connectivity index (χ4n) is 1.38. The Morgan fingerprint density at radius 2 is 2.07 bits per heavy atom. The lowest BCUT2D eigenvalue weighted by molar-refractivity contribution is 0.103. The van der Waals surface area contributed by atoms with E-state index in [-0.39, 0.29) is 6.04 Å². The minimum atomic E-state index is 0.0334. The molecule has 0 bridgehead atoms. The van der Waals surface area contributed by atoms with Crippen molar-refractivity contribution in [3.8, 4) is 0 Å². The fourth-order valence-corrected chi connectivity index (χ4v) is 1.38. The summed E-state index contributed by atoms with van der Waals surface area (Å²) in [6, 6.07) is 0.0334. The van der Waals surface area contributed by atoms with Crippen molar-refractivity contribution < 1.29 is 9.47 Å². The fraction of sp³-hybridized carbons (Fsp3) is 0.857. The minimum Gasteiger partial charge on any atom is -0.377 e. The van der Waals surface area contributed by atoms with Crippen LogP contribution in [-0.2, 0) is 16.0 Å². The molecule has 0 atom stereocenters. The SMILES string of the molecule is NCc1nnnn1C1COCCOC1. The van der Waals surface area contributed by atoms with Crippen LogP contribution in [0.4, 0.5) is 0 Å². The normalized spacial score (nSPS) is 19.5. The van der Waals surface area contributed by atoms with Crippen LogP contribution in [-0.4, -0.2) is 46.6 Å². The number of nitrogens with two attached hydrogens (primary N) is 1. The van der Waals surface area contributed by atoms with Crippen LogP contribution in [0.25, 0.3) is 0 Å². The minimum absolute atomic E-state index is 0.0334. The number of aromatic nitrogens is 4. The Bertz CT molecular complexity index is 281. The maximum Gasteiger partial charge on any atom is 0.165 e. The first-order chi connectivity index (χ1) is 6.92. The lowest BCUT2D eigenvalue weighted by Crippen LogP contribution is -2.22. The summed E-state index contributed by atoms with van der Waals surface area (Å²) in [5.74, 6) is 0.657. The van der Waals surface area contributed by atoms with Gasteiger partial charge in [0.05, 0.1) is 33.0 Å². The summed E-state index contributed by atoms with van der Waals surface area (Å²) < 4.78 is 12.4. The van der Waals surface area contributed by atoms with Crippen molar-refractivity contribution in [2.45, 2.75) is 12.6 Å². The molecule has 0 unspecified atom stereocenters. The van der Waals surface area contributed by atoms with Crippen LogP contribution in [0.5, 0.6) is 0 Å². The molecule has 0 spiro atoms. The molecular formula is C7H13N5O2. The van der Waals surface area contributed by atoms with E-state index in [0.717, 1.165) is 0 Å². The molecule has 0 aromatic carbocycles. The number of rotatable bonds is 2. The summed E-state index contributed by atoms with van der Waals surface area (Å²) in [6.45, 7) is 2.70. The van der Waals surface area contributed by atoms with Gasteiger partial charge in [-0.25, -0.2) is 4.68 Å². The highest BCUT2D eigenvalue weighted by Gasteiger charge is 2.19. The zero-order valence-electron chi connectivity index (χ0n) is 7.80. The van der Waals surface area contributed by atoms with Crippen LogP contribution in [0.15, 0.2) is 0 Å². The highest BCUT2D eigenvalue weighted by atomic mass is 16.5. The van der Waals surface area contributed by atoms with Crippen LogP contribution in [0.2, 0.25) is 0 Å². The molecule has 78 valence electrons. The molecule has 1 aliphatic rings. The second-order valence-corrected chi connectivity index (χ2v) is 3.05. The van der Waals surface area contributed by atoms with Gasteiger partial charge in [0.15, 0.2) is 5.82 Å². The third-order valence-corrected chi connectivity index (χ3v) is 2.08. The topological polar surface area (TPSA) is 88.1 Å². The molecule has 2 N–H and O–H groups in total. The Morgan fingerprint density at radius 1 is 1.36 bits per heavy atom. The van der Waals surface area contributed by atoms with Crippen molar-refractivity contribution in [2.75, 3.05) is 26.4 Å². The molecule has 0 aliphatic carbocycles. The van der Waals surface area contributed by atoms with E-state index in [4.69, 9.17) is 15.2 Å². The third-order valence-electron chi connectivity index (χ3n) is 2.08. The van der Waals surface area contributed by atoms with Gasteiger partial charge < -0.3 is 15.2 Å². The lowest BCUT2D eigenvalue weighted by Gasteiger charge is -2.13. The second kappa shape index (κ2) is 4.45. The van der Waals surface area contributed by atoms with Crippen LogP contribution in [0.3, 0.4) is 0 Å². The molecule has 1 aromatic rings. The molecule has 14 heavy (non-hydrogen) atoms. The van der Waals surface area contributed by atoms with Gasteiger partial charge in [-0.3, -0.25) is 0 Å². The van der Waals surface area contributed by atoms with Crippen LogP contribution in [0, 0.1) is 0 Å². The highest BCUT2D eigenvalue weighted by Crippen LogP contribution is 2.10. The van der Waals surface area contributed by atoms with Crippen LogP contribution >= 0.6 is 0 Å². The molecule has 1 aromatic heterocycles. The van der Waals surface area contributed by atoms with Crippen LogP contribution < -0.4 is 5.73 Å². The highest BCUT2D eigenvalue weighted by molar-refractivity contribution is 4.83. The van der Waals surface area contributed by atoms with E-state index in [9.17, 15) is 0 Å². The molecule has 1 saturated heterocycles. The van der Waals surface area contributed by atoms with Gasteiger partial charge in [-0.05, 0) is 10.4 Å². The van der Waals surface area contributed by atoms with E-state index in [1.54, 1.807) is 4.68 Å². The quantitative estimate of drug-likeness (QED) is 0.638. The van der Waals surface area contributed by atoms with Crippen molar-refractivity contribution in [1.29, 1.82) is 0 Å². The maximum absolute atomic E-state index is 5.50. The van der Waals surface area contributed by atoms with Crippen molar-refractivity contribution in [3.05, 3.63) is 5.82 Å². The standard InChI is InChI=1S/C7H13N5O2/c8-3-7-9-10-11-12(7)6-4-13-1-2-14-5-6/h6H,1-5,8H2. The van der Waals surface area contributed by atoms with Crippen molar-refractivity contribution in [2.24, 2.45) is 5.73 Å². The molecule has 1 fully saturated rings. The van der Waals surface area contributed by atoms with E-state index >= 15 is 0 Å². The number of hydrogen-bond acceptors (Lipinski definition) is 6. The predicted molar refractivity (Wildman–Crippen MR) is 46.4 cm³/mol. The number of ether oxygens (including phenoxy) is 2. The molecule has 0 radical (unpaired) electrons. The van der Waals surface area contributed by atoms with E-state index < -0.39 is 0 Å². The van der Waals surface area contributed by atoms with Gasteiger partial charge in [0.1, 0.15) is 6.04 Å². The Balaban J connectivity index is 2.11. The predicted octanol–water partition coefficient (Wildman–Crippen LogP) is -1.28. The summed E-state index contributed by atoms with van der Waals surface area (Å²) in [7, 11) is 0. The van der Waals surface area contributed by atoms with Gasteiger partial charge >= 0.3 is 0 Å². The van der Waals surface area contributed by atoms with Gasteiger partial charge in [-0.1, -0.05) is 0 Å². The first-order valence-corrected chi connectivity index (χ1v) is 4.54. The Hall–Kier alpha value is -1.05. The summed E-state index contributed by atoms with van der Waals surface area (Å²) in [6.07, 6.45) is 0. The average Bonchev–Trinajstić information content (AvgIpc) is 2.52. The van der Waals surface area contributed by atoms with Gasteiger partial charge in [-0.15, -0.1) is 5.10 Å². The van der Waals surface area contributed by atoms with Crippen LogP contribution in [0.1, 0.15) is 11.9 Å². The summed E-state index contributed by atoms with van der Waals surface area (Å²) in [5.41, 5.74) is 5.50. The summed E-state index contributed by atoms with van der Waals surface area (Å²) in [4.78, 5) is 0. The first-order valence-electron chi connectivity index (χ1n) is 4.54. The van der Waals surface area contributed by atoms with Crippen molar-refractivity contribution in [1.82, 2.24) is 20.2 Å². The van der Waals surface area contributed by atoms with Gasteiger partial charge in [-0.2, -0.15) is 0 Å². The Kier molecular flexibility index (Phi) is 3.02. The zero-order valence-corrected chi connectivity index (χ0v) is 7.80.